The second-order valence-electron chi connectivity index (χ2n) is 10.7. The number of fused-ring (bicyclic) bond motifs is 1. The standard InChI is InChI=1S/C30H33N9O5/c1-19-4-3-5-21(14-19)23-8-9-37(33-23)26-17-28(36-10-12-43-13-11-36)39-27(32-26)16-25(35-39)24-15-20(2)38(34-24)18-44-30(42)22(31)6-7-29(40)41/h3-5,8-9,14-17,22H,6-7,10-13,18,31H2,1-2H3,(H,40,41)/t22-/m0/s1. The Morgan fingerprint density at radius 2 is 1.82 bits per heavy atom. The normalized spacial score (nSPS) is 14.2. The number of aryl methyl sites for hydroxylation is 2. The number of ether oxygens (including phenoxy) is 2. The van der Waals surface area contributed by atoms with Crippen LogP contribution in [0.15, 0.2) is 54.7 Å². The predicted molar refractivity (Wildman–Crippen MR) is 160 cm³/mol. The van der Waals surface area contributed by atoms with E-state index in [0.717, 1.165) is 28.3 Å². The van der Waals surface area contributed by atoms with Crippen LogP contribution in [0, 0.1) is 13.8 Å². The average molecular weight is 600 g/mol. The zero-order valence-electron chi connectivity index (χ0n) is 24.5. The van der Waals surface area contributed by atoms with Crippen molar-refractivity contribution in [2.75, 3.05) is 31.2 Å². The van der Waals surface area contributed by atoms with Gasteiger partial charge in [0.05, 0.1) is 18.9 Å². The number of anilines is 1. The Labute approximate surface area is 252 Å². The van der Waals surface area contributed by atoms with Crippen molar-refractivity contribution in [1.82, 2.24) is 34.2 Å². The highest BCUT2D eigenvalue weighted by molar-refractivity contribution is 5.76. The van der Waals surface area contributed by atoms with Crippen LogP contribution in [0.4, 0.5) is 5.82 Å². The van der Waals surface area contributed by atoms with E-state index in [2.05, 4.69) is 29.1 Å². The number of aromatic nitrogens is 7. The van der Waals surface area contributed by atoms with Gasteiger partial charge in [-0.2, -0.15) is 19.8 Å². The highest BCUT2D eigenvalue weighted by atomic mass is 16.5. The smallest absolute Gasteiger partial charge is 0.324 e. The zero-order chi connectivity index (χ0) is 30.8. The number of benzene rings is 1. The third kappa shape index (κ3) is 6.16. The maximum absolute atomic E-state index is 12.2. The van der Waals surface area contributed by atoms with Crippen LogP contribution in [-0.2, 0) is 25.8 Å². The van der Waals surface area contributed by atoms with E-state index in [4.69, 9.17) is 35.5 Å². The Bertz CT molecular complexity index is 1820. The minimum atomic E-state index is -1.03. The van der Waals surface area contributed by atoms with Gasteiger partial charge in [-0.25, -0.2) is 14.3 Å². The first-order chi connectivity index (χ1) is 21.2. The molecule has 0 amide bonds. The topological polar surface area (TPSA) is 168 Å². The van der Waals surface area contributed by atoms with Gasteiger partial charge >= 0.3 is 11.9 Å². The number of nitrogens with zero attached hydrogens (tertiary/aromatic N) is 8. The molecule has 1 aliphatic rings. The molecule has 228 valence electrons. The molecule has 44 heavy (non-hydrogen) atoms. The number of esters is 1. The van der Waals surface area contributed by atoms with Crippen molar-refractivity contribution >= 4 is 23.4 Å². The van der Waals surface area contributed by atoms with Crippen LogP contribution in [0.5, 0.6) is 0 Å². The lowest BCUT2D eigenvalue weighted by Crippen LogP contribution is -2.37. The molecular formula is C30H33N9O5. The van der Waals surface area contributed by atoms with Crippen molar-refractivity contribution in [2.24, 2.45) is 5.73 Å². The summed E-state index contributed by atoms with van der Waals surface area (Å²) in [6.45, 7) is 6.35. The summed E-state index contributed by atoms with van der Waals surface area (Å²) in [5.41, 5.74) is 11.3. The number of hydrogen-bond acceptors (Lipinski definition) is 10. The second-order valence-corrected chi connectivity index (χ2v) is 10.7. The monoisotopic (exact) mass is 599 g/mol. The van der Waals surface area contributed by atoms with Crippen LogP contribution < -0.4 is 10.6 Å². The first-order valence-corrected chi connectivity index (χ1v) is 14.3. The van der Waals surface area contributed by atoms with E-state index in [1.807, 2.05) is 49.5 Å². The molecule has 0 bridgehead atoms. The number of nitrogens with two attached hydrogens (primary N) is 1. The molecule has 6 rings (SSSR count). The van der Waals surface area contributed by atoms with Gasteiger partial charge in [0, 0.05) is 49.1 Å². The zero-order valence-corrected chi connectivity index (χ0v) is 24.5. The molecule has 14 heteroatoms. The minimum absolute atomic E-state index is 0.00894. The molecule has 5 aromatic rings. The third-order valence-corrected chi connectivity index (χ3v) is 7.41. The van der Waals surface area contributed by atoms with Crippen molar-refractivity contribution in [1.29, 1.82) is 0 Å². The fraction of sp³-hybridized carbons (Fsp3) is 0.333. The molecule has 1 fully saturated rings. The molecule has 1 aliphatic heterocycles. The van der Waals surface area contributed by atoms with Gasteiger partial charge in [-0.05, 0) is 38.5 Å². The SMILES string of the molecule is Cc1cccc(-c2ccn(-c3cc(N4CCOCC4)n4nc(-c5cc(C)n(COC(=O)[C@@H](N)CCC(=O)O)n5)cc4n3)n2)c1. The Kier molecular flexibility index (Phi) is 8.09. The summed E-state index contributed by atoms with van der Waals surface area (Å²) in [6, 6.07) is 14.8. The molecule has 14 nitrogen and oxygen atoms in total. The average Bonchev–Trinajstić information content (AvgIpc) is 3.77. The molecule has 0 spiro atoms. The second kappa shape index (κ2) is 12.3. The van der Waals surface area contributed by atoms with E-state index in [9.17, 15) is 9.59 Å². The molecule has 0 radical (unpaired) electrons. The Morgan fingerprint density at radius 1 is 1.02 bits per heavy atom. The Morgan fingerprint density at radius 3 is 2.59 bits per heavy atom. The summed E-state index contributed by atoms with van der Waals surface area (Å²) in [5, 5.41) is 23.1. The number of carboxylic acids is 1. The van der Waals surface area contributed by atoms with Crippen LogP contribution in [0.1, 0.15) is 24.1 Å². The highest BCUT2D eigenvalue weighted by Gasteiger charge is 2.21. The third-order valence-electron chi connectivity index (χ3n) is 7.41. The number of carbonyl (C=O) groups excluding carboxylic acids is 1. The quantitative estimate of drug-likeness (QED) is 0.226. The lowest BCUT2D eigenvalue weighted by Gasteiger charge is -2.29. The molecule has 4 aromatic heterocycles. The Hall–Kier alpha value is -5.08. The lowest BCUT2D eigenvalue weighted by molar-refractivity contribution is -0.150. The van der Waals surface area contributed by atoms with Gasteiger partial charge < -0.3 is 25.2 Å². The van der Waals surface area contributed by atoms with Crippen LogP contribution >= 0.6 is 0 Å². The number of rotatable bonds is 10. The molecule has 0 unspecified atom stereocenters. The van der Waals surface area contributed by atoms with Gasteiger partial charge in [0.1, 0.15) is 23.2 Å². The van der Waals surface area contributed by atoms with Crippen molar-refractivity contribution in [3.63, 3.8) is 0 Å². The number of aliphatic carboxylic acids is 1. The van der Waals surface area contributed by atoms with Crippen molar-refractivity contribution < 1.29 is 24.2 Å². The molecule has 1 aromatic carbocycles. The fourth-order valence-corrected chi connectivity index (χ4v) is 5.01. The highest BCUT2D eigenvalue weighted by Crippen LogP contribution is 2.26. The van der Waals surface area contributed by atoms with Gasteiger partial charge in [0.2, 0.25) is 0 Å². The van der Waals surface area contributed by atoms with E-state index in [-0.39, 0.29) is 19.6 Å². The lowest BCUT2D eigenvalue weighted by atomic mass is 10.1. The maximum Gasteiger partial charge on any atom is 0.324 e. The molecule has 1 atom stereocenters. The summed E-state index contributed by atoms with van der Waals surface area (Å²) < 4.78 is 16.0. The number of hydrogen-bond donors (Lipinski definition) is 2. The van der Waals surface area contributed by atoms with Crippen LogP contribution in [0.3, 0.4) is 0 Å². The van der Waals surface area contributed by atoms with Crippen LogP contribution in [-0.4, -0.2) is 83.5 Å². The van der Waals surface area contributed by atoms with Crippen LogP contribution in [0.25, 0.3) is 34.1 Å². The molecule has 3 N–H and O–H groups in total. The van der Waals surface area contributed by atoms with Gasteiger partial charge in [-0.1, -0.05) is 23.8 Å². The minimum Gasteiger partial charge on any atom is -0.481 e. The summed E-state index contributed by atoms with van der Waals surface area (Å²) >= 11 is 0. The number of carboxylic acid groups (broad SMARTS) is 1. The van der Waals surface area contributed by atoms with Gasteiger partial charge in [0.15, 0.2) is 18.2 Å². The van der Waals surface area contributed by atoms with Gasteiger partial charge in [-0.15, -0.1) is 0 Å². The fourth-order valence-electron chi connectivity index (χ4n) is 5.01. The summed E-state index contributed by atoms with van der Waals surface area (Å²) in [5.74, 6) is -0.209. The van der Waals surface area contributed by atoms with E-state index < -0.39 is 18.0 Å². The molecular weight excluding hydrogens is 566 g/mol. The van der Waals surface area contributed by atoms with Crippen molar-refractivity contribution in [3.8, 4) is 28.5 Å². The molecule has 1 saturated heterocycles. The van der Waals surface area contributed by atoms with E-state index in [1.165, 1.54) is 4.68 Å². The summed E-state index contributed by atoms with van der Waals surface area (Å²) in [4.78, 5) is 30.1. The Balaban J connectivity index is 1.29. The maximum atomic E-state index is 12.2. The largest absolute Gasteiger partial charge is 0.481 e. The molecule has 5 heterocycles. The summed E-state index contributed by atoms with van der Waals surface area (Å²) in [7, 11) is 0. The van der Waals surface area contributed by atoms with E-state index >= 15 is 0 Å². The first-order valence-electron chi connectivity index (χ1n) is 14.3. The van der Waals surface area contributed by atoms with Gasteiger partial charge in [-0.3, -0.25) is 9.59 Å². The number of carbonyl (C=O) groups is 2. The van der Waals surface area contributed by atoms with E-state index in [1.54, 1.807) is 9.20 Å². The molecule has 0 aliphatic carbocycles. The van der Waals surface area contributed by atoms with Crippen LogP contribution in [0.2, 0.25) is 0 Å². The van der Waals surface area contributed by atoms with Crippen molar-refractivity contribution in [2.45, 2.75) is 39.5 Å². The van der Waals surface area contributed by atoms with Crippen molar-refractivity contribution in [3.05, 3.63) is 66.0 Å². The molecule has 0 saturated carbocycles. The predicted octanol–water partition coefficient (Wildman–Crippen LogP) is 2.59. The number of morpholine rings is 1. The first kappa shape index (κ1) is 29.0. The van der Waals surface area contributed by atoms with Gasteiger partial charge in [0.25, 0.3) is 0 Å². The summed E-state index contributed by atoms with van der Waals surface area (Å²) in [6.07, 6.45) is 1.67. The van der Waals surface area contributed by atoms with E-state index in [0.29, 0.717) is 49.2 Å².